The molecule has 0 spiro atoms. The van der Waals surface area contributed by atoms with E-state index in [9.17, 15) is 9.90 Å². The normalized spacial score (nSPS) is 16.0. The van der Waals surface area contributed by atoms with Crippen molar-refractivity contribution in [2.75, 3.05) is 13.1 Å². The number of hydrogen-bond donors (Lipinski definition) is 2. The molecular formula is C25H22N4O2. The van der Waals surface area contributed by atoms with Crippen molar-refractivity contribution in [3.8, 4) is 28.1 Å². The van der Waals surface area contributed by atoms with Gasteiger partial charge in [0.1, 0.15) is 5.75 Å². The Labute approximate surface area is 179 Å². The molecule has 6 nitrogen and oxygen atoms in total. The number of likely N-dealkylation sites (tertiary alicyclic amines) is 1. The van der Waals surface area contributed by atoms with Crippen LogP contribution in [0.4, 0.5) is 0 Å². The van der Waals surface area contributed by atoms with Gasteiger partial charge in [0.2, 0.25) is 5.91 Å². The van der Waals surface area contributed by atoms with Crippen molar-refractivity contribution in [2.45, 2.75) is 12.3 Å². The van der Waals surface area contributed by atoms with Gasteiger partial charge in [-0.25, -0.2) is 0 Å². The molecule has 3 heterocycles. The minimum Gasteiger partial charge on any atom is -0.507 e. The lowest BCUT2D eigenvalue weighted by Gasteiger charge is -2.15. The first-order valence-electron chi connectivity index (χ1n) is 10.3. The van der Waals surface area contributed by atoms with Crippen LogP contribution >= 0.6 is 0 Å². The molecule has 5 rings (SSSR count). The van der Waals surface area contributed by atoms with Crippen molar-refractivity contribution in [2.24, 2.45) is 0 Å². The van der Waals surface area contributed by atoms with Crippen molar-refractivity contribution >= 4 is 16.9 Å². The third kappa shape index (κ3) is 3.36. The maximum Gasteiger partial charge on any atom is 0.245 e. The third-order valence-corrected chi connectivity index (χ3v) is 5.91. The van der Waals surface area contributed by atoms with Gasteiger partial charge >= 0.3 is 0 Å². The minimum atomic E-state index is -0.0403. The summed E-state index contributed by atoms with van der Waals surface area (Å²) in [5.74, 6) is 0.297. The molecule has 0 aliphatic carbocycles. The molecule has 1 atom stereocenters. The van der Waals surface area contributed by atoms with Crippen molar-refractivity contribution in [1.82, 2.24) is 20.1 Å². The van der Waals surface area contributed by atoms with Crippen molar-refractivity contribution in [3.05, 3.63) is 79.0 Å². The molecule has 1 amide bonds. The number of aromatic hydroxyl groups is 1. The maximum atomic E-state index is 12.1. The SMILES string of the molecule is C=CC(=O)N1CC[C@H](c2[nH]c3nnc(-c4ccccc4O)cc3c2-c2ccccc2)C1. The van der Waals surface area contributed by atoms with Crippen LogP contribution in [0.15, 0.2) is 73.3 Å². The van der Waals surface area contributed by atoms with Crippen LogP contribution in [0, 0.1) is 0 Å². The van der Waals surface area contributed by atoms with Crippen molar-refractivity contribution < 1.29 is 9.90 Å². The van der Waals surface area contributed by atoms with E-state index in [0.29, 0.717) is 30.0 Å². The molecule has 1 saturated heterocycles. The fourth-order valence-electron chi connectivity index (χ4n) is 4.38. The molecule has 0 unspecified atom stereocenters. The Hall–Kier alpha value is -3.93. The number of phenols is 1. The van der Waals surface area contributed by atoms with Gasteiger partial charge in [-0.1, -0.05) is 49.0 Å². The molecule has 0 radical (unpaired) electrons. The van der Waals surface area contributed by atoms with E-state index in [1.807, 2.05) is 41.3 Å². The molecule has 31 heavy (non-hydrogen) atoms. The zero-order valence-electron chi connectivity index (χ0n) is 17.0. The lowest BCUT2D eigenvalue weighted by Crippen LogP contribution is -2.26. The Kier molecular flexibility index (Phi) is 4.75. The second-order valence-corrected chi connectivity index (χ2v) is 7.76. The number of H-pyrrole nitrogens is 1. The number of amides is 1. The second-order valence-electron chi connectivity index (χ2n) is 7.76. The Morgan fingerprint density at radius 2 is 1.90 bits per heavy atom. The van der Waals surface area contributed by atoms with Crippen LogP contribution in [0.3, 0.4) is 0 Å². The van der Waals surface area contributed by atoms with Gasteiger partial charge in [0.15, 0.2) is 5.65 Å². The molecule has 2 aromatic heterocycles. The Morgan fingerprint density at radius 3 is 2.68 bits per heavy atom. The molecule has 2 N–H and O–H groups in total. The molecule has 2 aromatic carbocycles. The molecular weight excluding hydrogens is 388 g/mol. The number of nitrogens with one attached hydrogen (secondary N) is 1. The van der Waals surface area contributed by atoms with Gasteiger partial charge in [-0.3, -0.25) is 4.79 Å². The number of benzene rings is 2. The van der Waals surface area contributed by atoms with Crippen LogP contribution in [-0.4, -0.2) is 44.2 Å². The number of fused-ring (bicyclic) bond motifs is 1. The Bertz CT molecular complexity index is 1280. The van der Waals surface area contributed by atoms with Crippen LogP contribution in [0.1, 0.15) is 18.0 Å². The fraction of sp³-hybridized carbons (Fsp3) is 0.160. The second kappa shape index (κ2) is 7.72. The zero-order valence-corrected chi connectivity index (χ0v) is 17.0. The highest BCUT2D eigenvalue weighted by Crippen LogP contribution is 2.40. The summed E-state index contributed by atoms with van der Waals surface area (Å²) in [7, 11) is 0. The van der Waals surface area contributed by atoms with E-state index in [2.05, 4.69) is 33.9 Å². The standard InChI is InChI=1S/C25H22N4O2/c1-2-22(31)29-13-12-17(15-29)24-23(16-8-4-3-5-9-16)19-14-20(27-28-25(19)26-24)18-10-6-7-11-21(18)30/h2-11,14,17,30H,1,12-13,15H2,(H,26,28)/t17-/m0/s1. The first-order chi connectivity index (χ1) is 15.2. The number of phenolic OH excluding ortho intramolecular Hbond substituents is 1. The van der Waals surface area contributed by atoms with E-state index in [1.165, 1.54) is 6.08 Å². The van der Waals surface area contributed by atoms with Gasteiger partial charge in [-0.2, -0.15) is 0 Å². The number of aromatic nitrogens is 3. The van der Waals surface area contributed by atoms with E-state index < -0.39 is 0 Å². The van der Waals surface area contributed by atoms with Crippen molar-refractivity contribution in [1.29, 1.82) is 0 Å². The predicted molar refractivity (Wildman–Crippen MR) is 121 cm³/mol. The first kappa shape index (κ1) is 19.1. The van der Waals surface area contributed by atoms with Crippen LogP contribution < -0.4 is 0 Å². The first-order valence-corrected chi connectivity index (χ1v) is 10.3. The van der Waals surface area contributed by atoms with E-state index in [1.54, 1.807) is 12.1 Å². The summed E-state index contributed by atoms with van der Waals surface area (Å²) in [5, 5.41) is 20.0. The molecule has 0 saturated carbocycles. The fourth-order valence-corrected chi connectivity index (χ4v) is 4.38. The van der Waals surface area contributed by atoms with Gasteiger partial charge in [-0.05, 0) is 36.3 Å². The molecule has 1 fully saturated rings. The van der Waals surface area contributed by atoms with Crippen LogP contribution in [0.25, 0.3) is 33.4 Å². The maximum absolute atomic E-state index is 12.1. The molecule has 6 heteroatoms. The summed E-state index contributed by atoms with van der Waals surface area (Å²) in [6.45, 7) is 4.95. The van der Waals surface area contributed by atoms with Gasteiger partial charge in [0.25, 0.3) is 0 Å². The van der Waals surface area contributed by atoms with Crippen LogP contribution in [0.2, 0.25) is 0 Å². The van der Waals surface area contributed by atoms with Gasteiger partial charge in [0.05, 0.1) is 5.69 Å². The number of rotatable bonds is 4. The van der Waals surface area contributed by atoms with Crippen LogP contribution in [-0.2, 0) is 4.79 Å². The summed E-state index contributed by atoms with van der Waals surface area (Å²) in [6.07, 6.45) is 2.24. The summed E-state index contributed by atoms with van der Waals surface area (Å²) in [6, 6.07) is 19.3. The van der Waals surface area contributed by atoms with E-state index in [0.717, 1.165) is 28.6 Å². The molecule has 154 valence electrons. The van der Waals surface area contributed by atoms with Crippen molar-refractivity contribution in [3.63, 3.8) is 0 Å². The largest absolute Gasteiger partial charge is 0.507 e. The number of carbonyl (C=O) groups excluding carboxylic acids is 1. The lowest BCUT2D eigenvalue weighted by molar-refractivity contribution is -0.125. The third-order valence-electron chi connectivity index (χ3n) is 5.91. The monoisotopic (exact) mass is 410 g/mol. The topological polar surface area (TPSA) is 82.1 Å². The Balaban J connectivity index is 1.67. The number of para-hydroxylation sites is 1. The average Bonchev–Trinajstić information content (AvgIpc) is 3.44. The number of hydrogen-bond acceptors (Lipinski definition) is 4. The average molecular weight is 410 g/mol. The summed E-state index contributed by atoms with van der Waals surface area (Å²) >= 11 is 0. The highest BCUT2D eigenvalue weighted by molar-refractivity contribution is 5.97. The lowest BCUT2D eigenvalue weighted by atomic mass is 9.94. The smallest absolute Gasteiger partial charge is 0.245 e. The molecule has 1 aliphatic rings. The van der Waals surface area contributed by atoms with E-state index in [-0.39, 0.29) is 17.6 Å². The molecule has 1 aliphatic heterocycles. The highest BCUT2D eigenvalue weighted by atomic mass is 16.3. The van der Waals surface area contributed by atoms with Gasteiger partial charge in [0, 0.05) is 41.2 Å². The summed E-state index contributed by atoms with van der Waals surface area (Å²) in [5.41, 5.74) is 5.16. The summed E-state index contributed by atoms with van der Waals surface area (Å²) < 4.78 is 0. The number of nitrogens with zero attached hydrogens (tertiary/aromatic N) is 3. The molecule has 4 aromatic rings. The summed E-state index contributed by atoms with van der Waals surface area (Å²) in [4.78, 5) is 17.4. The van der Waals surface area contributed by atoms with Crippen LogP contribution in [0.5, 0.6) is 5.75 Å². The quantitative estimate of drug-likeness (QED) is 0.486. The Morgan fingerprint density at radius 1 is 1.13 bits per heavy atom. The van der Waals surface area contributed by atoms with E-state index >= 15 is 0 Å². The van der Waals surface area contributed by atoms with Gasteiger partial charge < -0.3 is 15.0 Å². The predicted octanol–water partition coefficient (Wildman–Crippen LogP) is 4.50. The highest BCUT2D eigenvalue weighted by Gasteiger charge is 2.30. The molecule has 0 bridgehead atoms. The number of carbonyl (C=O) groups is 1. The van der Waals surface area contributed by atoms with Gasteiger partial charge in [-0.15, -0.1) is 10.2 Å². The zero-order chi connectivity index (χ0) is 21.4. The van der Waals surface area contributed by atoms with E-state index in [4.69, 9.17) is 0 Å². The number of aromatic amines is 1. The minimum absolute atomic E-state index is 0.0403.